The molecule has 0 aliphatic heterocycles. The van der Waals surface area contributed by atoms with Crippen LogP contribution < -0.4 is 5.32 Å². The van der Waals surface area contributed by atoms with Crippen molar-refractivity contribution in [3.8, 4) is 12.3 Å². The van der Waals surface area contributed by atoms with Gasteiger partial charge in [0.05, 0.1) is 11.6 Å². The van der Waals surface area contributed by atoms with Crippen molar-refractivity contribution in [3.63, 3.8) is 0 Å². The predicted octanol–water partition coefficient (Wildman–Crippen LogP) is 2.34. The van der Waals surface area contributed by atoms with Crippen LogP contribution in [0.4, 0.5) is 0 Å². The molecule has 2 heteroatoms. The highest BCUT2D eigenvalue weighted by Crippen LogP contribution is 2.36. The standard InChI is InChI=1S/C13H23NO/c1-4-11-14-12(5-2)13(15-6-3)9-7-8-10-13/h2,12,14H,4,6-11H2,1,3H3. The molecule has 1 fully saturated rings. The summed E-state index contributed by atoms with van der Waals surface area (Å²) in [6.07, 6.45) is 11.4. The van der Waals surface area contributed by atoms with Crippen LogP contribution in [0.15, 0.2) is 0 Å². The minimum atomic E-state index is -0.0847. The third-order valence-electron chi connectivity index (χ3n) is 3.17. The molecule has 0 aromatic rings. The smallest absolute Gasteiger partial charge is 0.0981 e. The molecule has 86 valence electrons. The summed E-state index contributed by atoms with van der Waals surface area (Å²) >= 11 is 0. The number of nitrogens with one attached hydrogen (secondary N) is 1. The third kappa shape index (κ3) is 2.96. The van der Waals surface area contributed by atoms with Gasteiger partial charge in [-0.3, -0.25) is 0 Å². The molecule has 1 saturated carbocycles. The largest absolute Gasteiger partial charge is 0.373 e. The molecule has 0 saturated heterocycles. The van der Waals surface area contributed by atoms with Gasteiger partial charge in [-0.1, -0.05) is 25.7 Å². The Morgan fingerprint density at radius 3 is 2.53 bits per heavy atom. The molecule has 2 nitrogen and oxygen atoms in total. The molecule has 1 N–H and O–H groups in total. The molecular weight excluding hydrogens is 186 g/mol. The van der Waals surface area contributed by atoms with E-state index in [1.165, 1.54) is 12.8 Å². The molecule has 0 bridgehead atoms. The first-order chi connectivity index (χ1) is 7.29. The van der Waals surface area contributed by atoms with Crippen molar-refractivity contribution in [2.24, 2.45) is 0 Å². The highest BCUT2D eigenvalue weighted by Gasteiger charge is 2.41. The fourth-order valence-corrected chi connectivity index (χ4v) is 2.46. The molecule has 0 aromatic carbocycles. The van der Waals surface area contributed by atoms with E-state index in [1.807, 2.05) is 6.92 Å². The van der Waals surface area contributed by atoms with Gasteiger partial charge in [-0.25, -0.2) is 0 Å². The number of terminal acetylenes is 1. The van der Waals surface area contributed by atoms with Crippen LogP contribution in [0.5, 0.6) is 0 Å². The van der Waals surface area contributed by atoms with Gasteiger partial charge < -0.3 is 10.1 Å². The SMILES string of the molecule is C#CC(NCCC)C1(OCC)CCCC1. The summed E-state index contributed by atoms with van der Waals surface area (Å²) in [7, 11) is 0. The lowest BCUT2D eigenvalue weighted by molar-refractivity contribution is -0.0481. The fraction of sp³-hybridized carbons (Fsp3) is 0.846. The van der Waals surface area contributed by atoms with Gasteiger partial charge in [-0.05, 0) is 32.7 Å². The Balaban J connectivity index is 2.63. The molecule has 1 aliphatic carbocycles. The van der Waals surface area contributed by atoms with E-state index < -0.39 is 0 Å². The first-order valence-corrected chi connectivity index (χ1v) is 6.12. The second kappa shape index (κ2) is 6.15. The lowest BCUT2D eigenvalue weighted by Crippen LogP contribution is -2.50. The van der Waals surface area contributed by atoms with Crippen molar-refractivity contribution in [3.05, 3.63) is 0 Å². The predicted molar refractivity (Wildman–Crippen MR) is 63.7 cm³/mol. The van der Waals surface area contributed by atoms with E-state index in [-0.39, 0.29) is 11.6 Å². The van der Waals surface area contributed by atoms with E-state index in [2.05, 4.69) is 18.2 Å². The van der Waals surface area contributed by atoms with Crippen molar-refractivity contribution >= 4 is 0 Å². The van der Waals surface area contributed by atoms with Gasteiger partial charge in [-0.15, -0.1) is 6.42 Å². The van der Waals surface area contributed by atoms with Gasteiger partial charge in [0.1, 0.15) is 0 Å². The Labute approximate surface area is 93.8 Å². The highest BCUT2D eigenvalue weighted by molar-refractivity contribution is 5.12. The maximum atomic E-state index is 5.94. The van der Waals surface area contributed by atoms with Crippen LogP contribution in [0, 0.1) is 12.3 Å². The summed E-state index contributed by atoms with van der Waals surface area (Å²) in [5.41, 5.74) is -0.0847. The summed E-state index contributed by atoms with van der Waals surface area (Å²) in [4.78, 5) is 0. The molecule has 1 unspecified atom stereocenters. The van der Waals surface area contributed by atoms with Gasteiger partial charge in [-0.2, -0.15) is 0 Å². The van der Waals surface area contributed by atoms with Gasteiger partial charge in [0.25, 0.3) is 0 Å². The molecule has 0 heterocycles. The average Bonchev–Trinajstić information content (AvgIpc) is 2.69. The van der Waals surface area contributed by atoms with Crippen LogP contribution in [0.25, 0.3) is 0 Å². The second-order valence-corrected chi connectivity index (χ2v) is 4.26. The summed E-state index contributed by atoms with van der Waals surface area (Å²) in [6.45, 7) is 5.94. The number of hydrogen-bond donors (Lipinski definition) is 1. The van der Waals surface area contributed by atoms with Crippen LogP contribution in [-0.2, 0) is 4.74 Å². The van der Waals surface area contributed by atoms with E-state index in [0.717, 1.165) is 32.4 Å². The molecule has 1 aliphatic rings. The molecule has 0 amide bonds. The van der Waals surface area contributed by atoms with Crippen LogP contribution in [0.1, 0.15) is 46.0 Å². The lowest BCUT2D eigenvalue weighted by Gasteiger charge is -2.35. The van der Waals surface area contributed by atoms with Crippen LogP contribution in [-0.4, -0.2) is 24.8 Å². The Kier molecular flexibility index (Phi) is 5.14. The van der Waals surface area contributed by atoms with E-state index in [9.17, 15) is 0 Å². The Morgan fingerprint density at radius 2 is 2.07 bits per heavy atom. The molecular formula is C13H23NO. The van der Waals surface area contributed by atoms with E-state index in [1.54, 1.807) is 0 Å². The molecule has 0 aromatic heterocycles. The normalized spacial score (nSPS) is 21.1. The van der Waals surface area contributed by atoms with Crippen molar-refractivity contribution in [1.29, 1.82) is 0 Å². The average molecular weight is 209 g/mol. The van der Waals surface area contributed by atoms with Gasteiger partial charge in [0, 0.05) is 6.61 Å². The van der Waals surface area contributed by atoms with Crippen molar-refractivity contribution < 1.29 is 4.74 Å². The third-order valence-corrected chi connectivity index (χ3v) is 3.17. The number of hydrogen-bond acceptors (Lipinski definition) is 2. The van der Waals surface area contributed by atoms with Crippen molar-refractivity contribution in [1.82, 2.24) is 5.32 Å². The van der Waals surface area contributed by atoms with Crippen molar-refractivity contribution in [2.45, 2.75) is 57.6 Å². The first-order valence-electron chi connectivity index (χ1n) is 6.12. The minimum Gasteiger partial charge on any atom is -0.373 e. The van der Waals surface area contributed by atoms with Crippen LogP contribution >= 0.6 is 0 Å². The molecule has 15 heavy (non-hydrogen) atoms. The lowest BCUT2D eigenvalue weighted by atomic mass is 9.92. The van der Waals surface area contributed by atoms with E-state index in [4.69, 9.17) is 11.2 Å². The fourth-order valence-electron chi connectivity index (χ4n) is 2.46. The Bertz CT molecular complexity index is 213. The first kappa shape index (κ1) is 12.5. The zero-order chi connectivity index (χ0) is 11.1. The molecule has 1 atom stereocenters. The number of ether oxygens (including phenoxy) is 1. The van der Waals surface area contributed by atoms with Gasteiger partial charge in [0.2, 0.25) is 0 Å². The zero-order valence-corrected chi connectivity index (χ0v) is 10.0. The molecule has 0 spiro atoms. The highest BCUT2D eigenvalue weighted by atomic mass is 16.5. The van der Waals surface area contributed by atoms with Gasteiger partial charge >= 0.3 is 0 Å². The summed E-state index contributed by atoms with van der Waals surface area (Å²) in [5.74, 6) is 2.87. The topological polar surface area (TPSA) is 21.3 Å². The zero-order valence-electron chi connectivity index (χ0n) is 10.0. The molecule has 1 rings (SSSR count). The quantitative estimate of drug-likeness (QED) is 0.678. The molecule has 0 radical (unpaired) electrons. The number of rotatable bonds is 6. The maximum Gasteiger partial charge on any atom is 0.0981 e. The summed E-state index contributed by atoms with van der Waals surface area (Å²) < 4.78 is 5.94. The van der Waals surface area contributed by atoms with Crippen LogP contribution in [0.2, 0.25) is 0 Å². The van der Waals surface area contributed by atoms with Gasteiger partial charge in [0.15, 0.2) is 0 Å². The Morgan fingerprint density at radius 1 is 1.40 bits per heavy atom. The Hall–Kier alpha value is -0.520. The minimum absolute atomic E-state index is 0.0832. The summed E-state index contributed by atoms with van der Waals surface area (Å²) in [6, 6.07) is 0.0832. The van der Waals surface area contributed by atoms with E-state index >= 15 is 0 Å². The maximum absolute atomic E-state index is 5.94. The monoisotopic (exact) mass is 209 g/mol. The van der Waals surface area contributed by atoms with Crippen LogP contribution in [0.3, 0.4) is 0 Å². The van der Waals surface area contributed by atoms with E-state index in [0.29, 0.717) is 0 Å². The second-order valence-electron chi connectivity index (χ2n) is 4.26. The van der Waals surface area contributed by atoms with Crippen molar-refractivity contribution in [2.75, 3.05) is 13.2 Å². The summed E-state index contributed by atoms with van der Waals surface area (Å²) in [5, 5.41) is 3.43.